The van der Waals surface area contributed by atoms with Gasteiger partial charge in [0.1, 0.15) is 0 Å². The Morgan fingerprint density at radius 3 is 1.06 bits per heavy atom. The van der Waals surface area contributed by atoms with Crippen molar-refractivity contribution in [3.8, 4) is 0 Å². The van der Waals surface area contributed by atoms with Crippen LogP contribution in [-0.2, 0) is 43.8 Å². The van der Waals surface area contributed by atoms with Crippen LogP contribution in [0.5, 0.6) is 0 Å². The molecule has 6 heteroatoms. The summed E-state index contributed by atoms with van der Waals surface area (Å²) in [7, 11) is 0.759. The normalized spacial score (nSPS) is 10.3. The van der Waals surface area contributed by atoms with E-state index in [0.29, 0.717) is 15.8 Å². The average Bonchev–Trinajstić information content (AvgIpc) is 2.69. The first kappa shape index (κ1) is 41.3. The monoisotopic (exact) mass is 594 g/mol. The van der Waals surface area contributed by atoms with E-state index in [9.17, 15) is 0 Å². The molecule has 0 amide bonds. The topological polar surface area (TPSA) is 40.5 Å². The molecule has 2 nitrogen and oxygen atoms in total. The molecule has 0 aliphatic heterocycles. The number of hydrogen-bond acceptors (Lipinski definition) is 2. The average molecular weight is 596 g/mol. The van der Waals surface area contributed by atoms with Crippen LogP contribution < -0.4 is 0 Å². The molecule has 0 fully saturated rings. The van der Waals surface area contributed by atoms with Gasteiger partial charge in [-0.1, -0.05) is 27.7 Å². The van der Waals surface area contributed by atoms with Crippen molar-refractivity contribution in [1.29, 1.82) is 0 Å². The van der Waals surface area contributed by atoms with E-state index in [0.717, 1.165) is 12.8 Å². The molecule has 0 bridgehead atoms. The number of aliphatic hydroxyl groups excluding tert-OH is 2. The van der Waals surface area contributed by atoms with Crippen molar-refractivity contribution in [2.24, 2.45) is 0 Å². The van der Waals surface area contributed by atoms with Gasteiger partial charge in [0, 0.05) is 46.2 Å². The number of hydrogen-bond donors (Lipinski definition) is 2. The minimum atomic E-state index is 0. The maximum atomic E-state index is 8.85. The van der Waals surface area contributed by atoms with E-state index in [1.165, 1.54) is 11.1 Å². The second kappa shape index (κ2) is 23.6. The molecule has 0 unspecified atom stereocenters. The molecule has 2 N–H and O–H groups in total. The summed E-state index contributed by atoms with van der Waals surface area (Å²) in [6.45, 7) is 22.3. The van der Waals surface area contributed by atoms with Crippen molar-refractivity contribution in [2.45, 2.75) is 51.4 Å². The Balaban J connectivity index is -0.000000194. The molecule has 34 heavy (non-hydrogen) atoms. The fourth-order valence-electron chi connectivity index (χ4n) is 2.46. The van der Waals surface area contributed by atoms with Crippen LogP contribution >= 0.6 is 15.8 Å². The Hall–Kier alpha value is 0.207. The zero-order valence-electron chi connectivity index (χ0n) is 22.9. The smallest absolute Gasteiger partial charge is 0.0438 e. The minimum absolute atomic E-state index is 0. The SMILES string of the molecule is CC(C)(CCO)c1[c-]cccc1.CC(C)(CCO)c1[c-]cccc1.CP(C)C.CP(C)C.[Ni].[Ni]. The fraction of sp³-hybridized carbons (Fsp3) is 0.571. The molecule has 2 aromatic rings. The maximum absolute atomic E-state index is 8.85. The summed E-state index contributed by atoms with van der Waals surface area (Å²) in [5, 5.41) is 17.7. The maximum Gasteiger partial charge on any atom is 0.0438 e. The minimum Gasteiger partial charge on any atom is -0.396 e. The molecule has 2 rings (SSSR count). The summed E-state index contributed by atoms with van der Waals surface area (Å²) in [4.78, 5) is 0. The Labute approximate surface area is 234 Å². The zero-order chi connectivity index (χ0) is 25.2. The molecule has 204 valence electrons. The van der Waals surface area contributed by atoms with E-state index in [1.807, 2.05) is 36.4 Å². The molecule has 0 saturated heterocycles. The van der Waals surface area contributed by atoms with Crippen molar-refractivity contribution >= 4 is 15.8 Å². The van der Waals surface area contributed by atoms with Gasteiger partial charge in [0.25, 0.3) is 0 Å². The van der Waals surface area contributed by atoms with Crippen molar-refractivity contribution in [2.75, 3.05) is 53.2 Å². The van der Waals surface area contributed by atoms with Crippen LogP contribution in [0.4, 0.5) is 0 Å². The molecule has 0 atom stereocenters. The number of aliphatic hydroxyl groups is 2. The Morgan fingerprint density at radius 2 is 0.882 bits per heavy atom. The van der Waals surface area contributed by atoms with Crippen LogP contribution in [0.15, 0.2) is 48.5 Å². The van der Waals surface area contributed by atoms with Gasteiger partial charge in [0.2, 0.25) is 0 Å². The van der Waals surface area contributed by atoms with Gasteiger partial charge in [-0.15, -0.1) is 15.8 Å². The molecule has 2 aromatic carbocycles. The number of rotatable bonds is 6. The Morgan fingerprint density at radius 1 is 0.618 bits per heavy atom. The van der Waals surface area contributed by atoms with Crippen molar-refractivity contribution in [1.82, 2.24) is 0 Å². The summed E-state index contributed by atoms with van der Waals surface area (Å²) in [6.07, 6.45) is 1.57. The molecule has 0 aliphatic carbocycles. The summed E-state index contributed by atoms with van der Waals surface area (Å²) >= 11 is 0. The molecule has 0 spiro atoms. The van der Waals surface area contributed by atoms with Gasteiger partial charge >= 0.3 is 0 Å². The molecular formula is C28H48Ni2O2P2-2. The molecule has 0 heterocycles. The van der Waals surface area contributed by atoms with Gasteiger partial charge in [-0.2, -0.15) is 71.8 Å². The molecule has 0 aromatic heterocycles. The Kier molecular flexibility index (Phi) is 28.7. The van der Waals surface area contributed by atoms with Crippen LogP contribution in [0, 0.1) is 12.1 Å². The van der Waals surface area contributed by atoms with Gasteiger partial charge in [0.05, 0.1) is 0 Å². The first-order valence-corrected chi connectivity index (χ1v) is 16.5. The summed E-state index contributed by atoms with van der Waals surface area (Å²) in [5.41, 5.74) is 2.41. The largest absolute Gasteiger partial charge is 0.396 e. The van der Waals surface area contributed by atoms with Crippen LogP contribution in [0.3, 0.4) is 0 Å². The third-order valence-corrected chi connectivity index (χ3v) is 4.35. The third kappa shape index (κ3) is 23.9. The Bertz CT molecular complexity index is 600. The molecular weight excluding hydrogens is 548 g/mol. The predicted octanol–water partition coefficient (Wildman–Crippen LogP) is 7.00. The van der Waals surface area contributed by atoms with E-state index in [1.54, 1.807) is 0 Å². The van der Waals surface area contributed by atoms with Gasteiger partial charge in [-0.25, -0.2) is 0 Å². The van der Waals surface area contributed by atoms with Gasteiger partial charge in [-0.3, -0.25) is 0 Å². The summed E-state index contributed by atoms with van der Waals surface area (Å²) in [6, 6.07) is 22.2. The fourth-order valence-corrected chi connectivity index (χ4v) is 2.46. The number of benzene rings is 2. The van der Waals surface area contributed by atoms with Crippen molar-refractivity contribution in [3.05, 3.63) is 71.8 Å². The zero-order valence-corrected chi connectivity index (χ0v) is 26.6. The first-order valence-electron chi connectivity index (χ1n) is 11.2. The van der Waals surface area contributed by atoms with E-state index in [-0.39, 0.29) is 57.0 Å². The van der Waals surface area contributed by atoms with Crippen LogP contribution in [0.1, 0.15) is 51.7 Å². The predicted molar refractivity (Wildman–Crippen MR) is 149 cm³/mol. The second-order valence-corrected chi connectivity index (χ2v) is 15.3. The molecule has 0 aliphatic rings. The standard InChI is InChI=1S/2C11H15O.2C3H9P.2Ni/c2*1-11(2,8-9-12)10-6-4-3-5-7-10;2*1-4(2)3;;/h2*3-6,12H,8-9H2,1-2H3;2*1-3H3;;/q2*-1;;;;. The van der Waals surface area contributed by atoms with E-state index < -0.39 is 0 Å². The van der Waals surface area contributed by atoms with Crippen LogP contribution in [0.2, 0.25) is 0 Å². The van der Waals surface area contributed by atoms with Crippen molar-refractivity contribution in [3.63, 3.8) is 0 Å². The quantitative estimate of drug-likeness (QED) is 0.214. The van der Waals surface area contributed by atoms with E-state index in [4.69, 9.17) is 10.2 Å². The van der Waals surface area contributed by atoms with E-state index >= 15 is 0 Å². The van der Waals surface area contributed by atoms with Gasteiger partial charge in [-0.05, 0) is 63.7 Å². The van der Waals surface area contributed by atoms with Crippen molar-refractivity contribution < 1.29 is 43.2 Å². The van der Waals surface area contributed by atoms with Gasteiger partial charge in [0.15, 0.2) is 0 Å². The van der Waals surface area contributed by atoms with Crippen LogP contribution in [-0.4, -0.2) is 63.4 Å². The second-order valence-electron chi connectivity index (χ2n) is 9.95. The summed E-state index contributed by atoms with van der Waals surface area (Å²) < 4.78 is 0. The van der Waals surface area contributed by atoms with Crippen LogP contribution in [0.25, 0.3) is 0 Å². The van der Waals surface area contributed by atoms with Gasteiger partial charge < -0.3 is 10.2 Å². The molecule has 0 saturated carbocycles. The third-order valence-electron chi connectivity index (χ3n) is 4.35. The summed E-state index contributed by atoms with van der Waals surface area (Å²) in [5.74, 6) is 0. The van der Waals surface area contributed by atoms with E-state index in [2.05, 4.69) is 91.9 Å². The first-order chi connectivity index (χ1) is 14.8. The molecule has 0 radical (unpaired) electrons.